The zero-order valence-electron chi connectivity index (χ0n) is 10.8. The lowest BCUT2D eigenvalue weighted by Crippen LogP contribution is -2.26. The second-order valence-electron chi connectivity index (χ2n) is 3.94. The Labute approximate surface area is 124 Å². The average molecular weight is 347 g/mol. The van der Waals surface area contributed by atoms with Crippen molar-refractivity contribution in [3.05, 3.63) is 33.1 Å². The van der Waals surface area contributed by atoms with Gasteiger partial charge in [0.2, 0.25) is 0 Å². The molecule has 0 atom stereocenters. The summed E-state index contributed by atoms with van der Waals surface area (Å²) in [7, 11) is 2.99. The maximum atomic E-state index is 12.2. The normalized spacial score (nSPS) is 11.0. The molecular formula is C12H13BrClN3O2. The van der Waals surface area contributed by atoms with Crippen LogP contribution in [-0.2, 0) is 11.3 Å². The molecule has 2 heterocycles. The zero-order valence-corrected chi connectivity index (χ0v) is 13.1. The van der Waals surface area contributed by atoms with E-state index >= 15 is 0 Å². The first kappa shape index (κ1) is 14.3. The summed E-state index contributed by atoms with van der Waals surface area (Å²) >= 11 is 9.41. The summed E-state index contributed by atoms with van der Waals surface area (Å²) in [5.41, 5.74) is 1.83. The number of hydroxylamine groups is 2. The fourth-order valence-corrected chi connectivity index (χ4v) is 2.30. The number of fused-ring (bicyclic) bond motifs is 1. The highest BCUT2D eigenvalue weighted by Crippen LogP contribution is 2.26. The van der Waals surface area contributed by atoms with Crippen LogP contribution in [0.1, 0.15) is 23.1 Å². The van der Waals surface area contributed by atoms with Crippen LogP contribution in [0.3, 0.4) is 0 Å². The van der Waals surface area contributed by atoms with Crippen molar-refractivity contribution in [1.82, 2.24) is 14.4 Å². The zero-order chi connectivity index (χ0) is 14.2. The Morgan fingerprint density at radius 2 is 2.32 bits per heavy atom. The summed E-state index contributed by atoms with van der Waals surface area (Å²) in [6.45, 7) is 1.97. The lowest BCUT2D eigenvalue weighted by atomic mass is 10.2. The number of nitrogens with zero attached hydrogens (tertiary/aromatic N) is 3. The number of pyridine rings is 1. The van der Waals surface area contributed by atoms with Gasteiger partial charge in [0.05, 0.1) is 22.3 Å². The van der Waals surface area contributed by atoms with Crippen LogP contribution in [-0.4, -0.2) is 34.5 Å². The van der Waals surface area contributed by atoms with Gasteiger partial charge in [0.1, 0.15) is 5.65 Å². The van der Waals surface area contributed by atoms with Gasteiger partial charge in [-0.15, -0.1) is 0 Å². The van der Waals surface area contributed by atoms with Gasteiger partial charge in [0.25, 0.3) is 5.91 Å². The standard InChI is InChI=1S/C12H13BrClN3O2/c1-4-9-11(12(18)16(2)19-3)15-10-5-8(14)7(13)6-17(9)10/h5-6H,4H2,1-3H3. The minimum atomic E-state index is -0.282. The van der Waals surface area contributed by atoms with Gasteiger partial charge in [0, 0.05) is 19.3 Å². The Bertz CT molecular complexity index is 641. The van der Waals surface area contributed by atoms with Crippen molar-refractivity contribution in [2.45, 2.75) is 13.3 Å². The minimum Gasteiger partial charge on any atom is -0.302 e. The molecule has 0 bridgehead atoms. The third kappa shape index (κ3) is 2.48. The highest BCUT2D eigenvalue weighted by atomic mass is 79.9. The van der Waals surface area contributed by atoms with E-state index in [1.54, 1.807) is 13.1 Å². The van der Waals surface area contributed by atoms with Crippen LogP contribution in [0.15, 0.2) is 16.7 Å². The molecule has 0 spiro atoms. The lowest BCUT2D eigenvalue weighted by molar-refractivity contribution is -0.0760. The Morgan fingerprint density at radius 1 is 1.63 bits per heavy atom. The molecule has 0 N–H and O–H groups in total. The first-order chi connectivity index (χ1) is 8.99. The van der Waals surface area contributed by atoms with Crippen molar-refractivity contribution in [3.8, 4) is 0 Å². The van der Waals surface area contributed by atoms with Crippen LogP contribution in [0.4, 0.5) is 0 Å². The summed E-state index contributed by atoms with van der Waals surface area (Å²) in [5, 5.41) is 1.71. The minimum absolute atomic E-state index is 0.282. The molecule has 2 aromatic rings. The number of halogens is 2. The third-order valence-corrected chi connectivity index (χ3v) is 4.03. The molecule has 2 rings (SSSR count). The Hall–Kier alpha value is -1.11. The van der Waals surface area contributed by atoms with E-state index in [0.29, 0.717) is 22.8 Å². The predicted molar refractivity (Wildman–Crippen MR) is 76.4 cm³/mol. The van der Waals surface area contributed by atoms with E-state index in [-0.39, 0.29) is 5.91 Å². The molecule has 102 valence electrons. The maximum Gasteiger partial charge on any atom is 0.297 e. The van der Waals surface area contributed by atoms with E-state index in [1.807, 2.05) is 17.5 Å². The van der Waals surface area contributed by atoms with Crippen LogP contribution in [0.2, 0.25) is 5.02 Å². The molecule has 19 heavy (non-hydrogen) atoms. The molecule has 2 aromatic heterocycles. The molecule has 0 saturated heterocycles. The average Bonchev–Trinajstić information content (AvgIpc) is 2.75. The van der Waals surface area contributed by atoms with Crippen molar-refractivity contribution in [3.63, 3.8) is 0 Å². The summed E-state index contributed by atoms with van der Waals surface area (Å²) < 4.78 is 2.61. The number of carbonyl (C=O) groups excluding carboxylic acids is 1. The van der Waals surface area contributed by atoms with Gasteiger partial charge in [-0.1, -0.05) is 18.5 Å². The predicted octanol–water partition coefficient (Wildman–Crippen LogP) is 2.95. The Balaban J connectivity index is 2.65. The van der Waals surface area contributed by atoms with Crippen LogP contribution in [0.5, 0.6) is 0 Å². The Morgan fingerprint density at radius 3 is 2.89 bits per heavy atom. The summed E-state index contributed by atoms with van der Waals surface area (Å²) in [5.74, 6) is -0.282. The fourth-order valence-electron chi connectivity index (χ4n) is 1.83. The monoisotopic (exact) mass is 345 g/mol. The van der Waals surface area contributed by atoms with Crippen molar-refractivity contribution in [2.24, 2.45) is 0 Å². The molecule has 0 radical (unpaired) electrons. The van der Waals surface area contributed by atoms with Gasteiger partial charge in [0.15, 0.2) is 5.69 Å². The maximum absolute atomic E-state index is 12.2. The molecule has 0 aliphatic carbocycles. The number of aryl methyl sites for hydroxylation is 1. The van der Waals surface area contributed by atoms with Gasteiger partial charge in [-0.05, 0) is 22.4 Å². The molecule has 7 heteroatoms. The van der Waals surface area contributed by atoms with E-state index < -0.39 is 0 Å². The lowest BCUT2D eigenvalue weighted by Gasteiger charge is -2.12. The molecule has 5 nitrogen and oxygen atoms in total. The van der Waals surface area contributed by atoms with Crippen molar-refractivity contribution in [1.29, 1.82) is 0 Å². The number of aromatic nitrogens is 2. The van der Waals surface area contributed by atoms with Gasteiger partial charge >= 0.3 is 0 Å². The Kier molecular flexibility index (Phi) is 4.13. The second-order valence-corrected chi connectivity index (χ2v) is 5.20. The van der Waals surface area contributed by atoms with Gasteiger partial charge < -0.3 is 4.40 Å². The van der Waals surface area contributed by atoms with Gasteiger partial charge in [-0.25, -0.2) is 10.0 Å². The van der Waals surface area contributed by atoms with Crippen LogP contribution < -0.4 is 0 Å². The largest absolute Gasteiger partial charge is 0.302 e. The van der Waals surface area contributed by atoms with Crippen LogP contribution in [0.25, 0.3) is 5.65 Å². The molecule has 1 amide bonds. The molecule has 0 aliphatic rings. The summed E-state index contributed by atoms with van der Waals surface area (Å²) in [6.07, 6.45) is 2.49. The van der Waals surface area contributed by atoms with Crippen molar-refractivity contribution < 1.29 is 9.63 Å². The smallest absolute Gasteiger partial charge is 0.297 e. The van der Waals surface area contributed by atoms with Crippen molar-refractivity contribution >= 4 is 39.1 Å². The quantitative estimate of drug-likeness (QED) is 0.803. The third-order valence-electron chi connectivity index (χ3n) is 2.86. The SMILES string of the molecule is CCc1c(C(=O)N(C)OC)nc2cc(Cl)c(Br)cn12. The summed E-state index contributed by atoms with van der Waals surface area (Å²) in [6, 6.07) is 1.72. The van der Waals surface area contributed by atoms with Gasteiger partial charge in [-0.2, -0.15) is 0 Å². The second kappa shape index (κ2) is 5.48. The highest BCUT2D eigenvalue weighted by molar-refractivity contribution is 9.10. The summed E-state index contributed by atoms with van der Waals surface area (Å²) in [4.78, 5) is 21.4. The van der Waals surface area contributed by atoms with E-state index in [2.05, 4.69) is 20.9 Å². The molecular weight excluding hydrogens is 334 g/mol. The van der Waals surface area contributed by atoms with E-state index in [9.17, 15) is 4.79 Å². The molecule has 0 aliphatic heterocycles. The molecule has 0 fully saturated rings. The molecule has 0 saturated carbocycles. The number of rotatable bonds is 3. The highest BCUT2D eigenvalue weighted by Gasteiger charge is 2.21. The number of imidazole rings is 1. The molecule has 0 unspecified atom stereocenters. The number of hydrogen-bond acceptors (Lipinski definition) is 3. The fraction of sp³-hybridized carbons (Fsp3) is 0.333. The van der Waals surface area contributed by atoms with E-state index in [4.69, 9.17) is 16.4 Å². The van der Waals surface area contributed by atoms with Crippen molar-refractivity contribution in [2.75, 3.05) is 14.2 Å². The van der Waals surface area contributed by atoms with E-state index in [1.165, 1.54) is 7.11 Å². The molecule has 0 aromatic carbocycles. The van der Waals surface area contributed by atoms with Crippen LogP contribution in [0, 0.1) is 0 Å². The number of amides is 1. The number of hydrogen-bond donors (Lipinski definition) is 0. The van der Waals surface area contributed by atoms with Crippen LogP contribution >= 0.6 is 27.5 Å². The van der Waals surface area contributed by atoms with E-state index in [0.717, 1.165) is 15.2 Å². The number of carbonyl (C=O) groups is 1. The van der Waals surface area contributed by atoms with Gasteiger partial charge in [-0.3, -0.25) is 9.63 Å². The first-order valence-corrected chi connectivity index (χ1v) is 6.84. The topological polar surface area (TPSA) is 46.8 Å². The first-order valence-electron chi connectivity index (χ1n) is 5.67.